The maximum Gasteiger partial charge on any atom is 0.0761 e. The second-order valence-corrected chi connectivity index (χ2v) is 4.06. The van der Waals surface area contributed by atoms with Gasteiger partial charge in [-0.15, -0.1) is 11.8 Å². The van der Waals surface area contributed by atoms with Crippen LogP contribution in [0.3, 0.4) is 0 Å². The summed E-state index contributed by atoms with van der Waals surface area (Å²) in [7, 11) is 0. The summed E-state index contributed by atoms with van der Waals surface area (Å²) in [6.45, 7) is 2.12. The van der Waals surface area contributed by atoms with Gasteiger partial charge in [0.2, 0.25) is 0 Å². The highest BCUT2D eigenvalue weighted by molar-refractivity contribution is 7.99. The van der Waals surface area contributed by atoms with Crippen molar-refractivity contribution in [3.63, 3.8) is 0 Å². The van der Waals surface area contributed by atoms with Crippen LogP contribution in [-0.2, 0) is 0 Å². The van der Waals surface area contributed by atoms with Gasteiger partial charge in [-0.05, 0) is 31.0 Å². The van der Waals surface area contributed by atoms with E-state index in [-0.39, 0.29) is 0 Å². The zero-order valence-corrected chi connectivity index (χ0v) is 7.90. The van der Waals surface area contributed by atoms with E-state index < -0.39 is 0 Å². The highest BCUT2D eigenvalue weighted by Crippen LogP contribution is 2.32. The van der Waals surface area contributed by atoms with Gasteiger partial charge in [0.1, 0.15) is 0 Å². The lowest BCUT2D eigenvalue weighted by Crippen LogP contribution is -1.77. The third-order valence-electron chi connectivity index (χ3n) is 1.85. The molecule has 2 rings (SSSR count). The molecule has 0 N–H and O–H groups in total. The van der Waals surface area contributed by atoms with Crippen LogP contribution >= 0.6 is 11.8 Å². The summed E-state index contributed by atoms with van der Waals surface area (Å²) < 4.78 is 0. The number of benzene rings is 1. The van der Waals surface area contributed by atoms with E-state index in [1.54, 1.807) is 0 Å². The molecule has 1 heterocycles. The van der Waals surface area contributed by atoms with Crippen LogP contribution in [0.25, 0.3) is 0 Å². The lowest BCUT2D eigenvalue weighted by molar-refractivity contribution is 1.33. The van der Waals surface area contributed by atoms with E-state index in [0.29, 0.717) is 0 Å². The Morgan fingerprint density at radius 1 is 1.42 bits per heavy atom. The predicted molar refractivity (Wildman–Crippen MR) is 54.7 cm³/mol. The van der Waals surface area contributed by atoms with Gasteiger partial charge in [-0.1, -0.05) is 6.07 Å². The summed E-state index contributed by atoms with van der Waals surface area (Å²) in [6.07, 6.45) is 3.09. The highest BCUT2D eigenvalue weighted by atomic mass is 32.2. The minimum absolute atomic E-state index is 1.08. The number of thioether (sulfide) groups is 1. The minimum atomic E-state index is 1.08. The first-order valence-electron chi connectivity index (χ1n) is 4.12. The van der Waals surface area contributed by atoms with Crippen LogP contribution in [0.1, 0.15) is 12.0 Å². The van der Waals surface area contributed by atoms with Gasteiger partial charge >= 0.3 is 0 Å². The maximum absolute atomic E-state index is 4.38. The third kappa shape index (κ3) is 1.53. The molecule has 0 atom stereocenters. The van der Waals surface area contributed by atoms with E-state index in [1.165, 1.54) is 10.5 Å². The molecule has 62 valence electrons. The molecule has 0 fully saturated rings. The molecule has 1 nitrogen and oxygen atoms in total. The van der Waals surface area contributed by atoms with Gasteiger partial charge in [0.25, 0.3) is 0 Å². The summed E-state index contributed by atoms with van der Waals surface area (Å²) in [5.74, 6) is 1.15. The average molecular weight is 177 g/mol. The SMILES string of the molecule is Cc1ccc2c(c1)SCCC=N2. The van der Waals surface area contributed by atoms with Gasteiger partial charge in [0, 0.05) is 16.9 Å². The number of rotatable bonds is 0. The van der Waals surface area contributed by atoms with Gasteiger partial charge in [-0.3, -0.25) is 4.99 Å². The number of aliphatic imine (C=N–C) groups is 1. The first-order valence-corrected chi connectivity index (χ1v) is 5.11. The molecule has 0 amide bonds. The zero-order valence-electron chi connectivity index (χ0n) is 7.08. The summed E-state index contributed by atoms with van der Waals surface area (Å²) in [4.78, 5) is 5.70. The fraction of sp³-hybridized carbons (Fsp3) is 0.300. The van der Waals surface area contributed by atoms with Crippen molar-refractivity contribution in [2.24, 2.45) is 4.99 Å². The van der Waals surface area contributed by atoms with E-state index in [0.717, 1.165) is 17.9 Å². The number of fused-ring (bicyclic) bond motifs is 1. The van der Waals surface area contributed by atoms with Crippen molar-refractivity contribution < 1.29 is 0 Å². The normalized spacial score (nSPS) is 15.4. The van der Waals surface area contributed by atoms with Gasteiger partial charge in [0.15, 0.2) is 0 Å². The monoisotopic (exact) mass is 177 g/mol. The molecule has 1 aromatic carbocycles. The molecule has 0 saturated heterocycles. The molecular formula is C10H11NS. The van der Waals surface area contributed by atoms with Gasteiger partial charge < -0.3 is 0 Å². The molecule has 0 aromatic heterocycles. The van der Waals surface area contributed by atoms with Crippen molar-refractivity contribution in [2.75, 3.05) is 5.75 Å². The lowest BCUT2D eigenvalue weighted by Gasteiger charge is -2.02. The maximum atomic E-state index is 4.38. The molecule has 0 bridgehead atoms. The lowest BCUT2D eigenvalue weighted by atomic mass is 10.2. The molecule has 0 spiro atoms. The van der Waals surface area contributed by atoms with Crippen molar-refractivity contribution in [1.29, 1.82) is 0 Å². The molecule has 0 aliphatic carbocycles. The molecule has 12 heavy (non-hydrogen) atoms. The standard InChI is InChI=1S/C10H11NS/c1-8-3-4-9-10(7-8)12-6-2-5-11-9/h3-5,7H,2,6H2,1H3. The van der Waals surface area contributed by atoms with Crippen LogP contribution in [-0.4, -0.2) is 12.0 Å². The first kappa shape index (κ1) is 7.87. The molecule has 1 aliphatic rings. The van der Waals surface area contributed by atoms with Gasteiger partial charge in [0.05, 0.1) is 5.69 Å². The van der Waals surface area contributed by atoms with Crippen LogP contribution in [0.2, 0.25) is 0 Å². The zero-order chi connectivity index (χ0) is 8.39. The Balaban J connectivity index is 2.46. The Morgan fingerprint density at radius 3 is 3.25 bits per heavy atom. The Hall–Kier alpha value is -0.760. The Kier molecular flexibility index (Phi) is 2.17. The van der Waals surface area contributed by atoms with Crippen LogP contribution in [0.4, 0.5) is 5.69 Å². The van der Waals surface area contributed by atoms with E-state index >= 15 is 0 Å². The third-order valence-corrected chi connectivity index (χ3v) is 2.93. The highest BCUT2D eigenvalue weighted by Gasteiger charge is 2.04. The van der Waals surface area contributed by atoms with E-state index in [1.807, 2.05) is 18.0 Å². The second-order valence-electron chi connectivity index (χ2n) is 2.92. The fourth-order valence-corrected chi connectivity index (χ4v) is 2.21. The van der Waals surface area contributed by atoms with Crippen LogP contribution in [0.5, 0.6) is 0 Å². The van der Waals surface area contributed by atoms with E-state index in [4.69, 9.17) is 0 Å². The topological polar surface area (TPSA) is 12.4 Å². The van der Waals surface area contributed by atoms with Crippen molar-refractivity contribution in [3.05, 3.63) is 23.8 Å². The number of aryl methyl sites for hydroxylation is 1. The summed E-state index contributed by atoms with van der Waals surface area (Å²) in [5.41, 5.74) is 2.45. The van der Waals surface area contributed by atoms with Crippen LogP contribution in [0, 0.1) is 6.92 Å². The van der Waals surface area contributed by atoms with Crippen LogP contribution < -0.4 is 0 Å². The van der Waals surface area contributed by atoms with Crippen molar-refractivity contribution in [1.82, 2.24) is 0 Å². The molecular weight excluding hydrogens is 166 g/mol. The smallest absolute Gasteiger partial charge is 0.0761 e. The average Bonchev–Trinajstić information content (AvgIpc) is 2.28. The Bertz CT molecular complexity index is 318. The molecule has 0 radical (unpaired) electrons. The largest absolute Gasteiger partial charge is 0.260 e. The first-order chi connectivity index (χ1) is 5.86. The van der Waals surface area contributed by atoms with E-state index in [2.05, 4.69) is 30.1 Å². The van der Waals surface area contributed by atoms with E-state index in [9.17, 15) is 0 Å². The van der Waals surface area contributed by atoms with Crippen molar-refractivity contribution >= 4 is 23.7 Å². The Morgan fingerprint density at radius 2 is 2.33 bits per heavy atom. The molecule has 1 aliphatic heterocycles. The number of hydrogen-bond acceptors (Lipinski definition) is 2. The number of nitrogens with zero attached hydrogens (tertiary/aromatic N) is 1. The Labute approximate surface area is 76.9 Å². The second kappa shape index (κ2) is 3.31. The van der Waals surface area contributed by atoms with Gasteiger partial charge in [-0.2, -0.15) is 0 Å². The number of hydrogen-bond donors (Lipinski definition) is 0. The summed E-state index contributed by atoms with van der Waals surface area (Å²) >= 11 is 1.90. The predicted octanol–water partition coefficient (Wildman–Crippen LogP) is 3.19. The molecule has 2 heteroatoms. The molecule has 0 saturated carbocycles. The van der Waals surface area contributed by atoms with Crippen molar-refractivity contribution in [3.8, 4) is 0 Å². The van der Waals surface area contributed by atoms with Crippen molar-refractivity contribution in [2.45, 2.75) is 18.2 Å². The fourth-order valence-electron chi connectivity index (χ4n) is 1.23. The minimum Gasteiger partial charge on any atom is -0.260 e. The molecule has 1 aromatic rings. The summed E-state index contributed by atoms with van der Waals surface area (Å²) in [5, 5.41) is 0. The van der Waals surface area contributed by atoms with Crippen LogP contribution in [0.15, 0.2) is 28.1 Å². The summed E-state index contributed by atoms with van der Waals surface area (Å²) in [6, 6.07) is 6.42. The molecule has 0 unspecified atom stereocenters. The quantitative estimate of drug-likeness (QED) is 0.593. The van der Waals surface area contributed by atoms with Gasteiger partial charge in [-0.25, -0.2) is 0 Å².